The van der Waals surface area contributed by atoms with E-state index >= 15 is 8.78 Å². The Bertz CT molecular complexity index is 2010. The number of anilines is 1. The maximum Gasteiger partial charge on any atom is 0.319 e. The zero-order valence-corrected chi connectivity index (χ0v) is 30.7. The fourth-order valence-electron chi connectivity index (χ4n) is 9.52. The van der Waals surface area contributed by atoms with Gasteiger partial charge in [-0.3, -0.25) is 9.88 Å². The number of aliphatic hydroxyl groups is 2. The van der Waals surface area contributed by atoms with Gasteiger partial charge in [0.05, 0.1) is 44.0 Å². The van der Waals surface area contributed by atoms with Crippen LogP contribution < -0.4 is 9.64 Å². The van der Waals surface area contributed by atoms with Crippen molar-refractivity contribution in [1.29, 1.82) is 0 Å². The van der Waals surface area contributed by atoms with Crippen LogP contribution in [0.4, 0.5) is 14.6 Å². The van der Waals surface area contributed by atoms with Gasteiger partial charge >= 0.3 is 6.01 Å². The lowest BCUT2D eigenvalue weighted by Gasteiger charge is -2.53. The molecule has 0 bridgehead atoms. The molecule has 3 N–H and O–H groups in total. The summed E-state index contributed by atoms with van der Waals surface area (Å²) >= 11 is 0. The summed E-state index contributed by atoms with van der Waals surface area (Å²) in [7, 11) is 1.78. The maximum atomic E-state index is 17.2. The van der Waals surface area contributed by atoms with Gasteiger partial charge in [-0.25, -0.2) is 8.78 Å². The number of aromatic nitrogens is 3. The monoisotopic (exact) mass is 733 g/mol. The van der Waals surface area contributed by atoms with Gasteiger partial charge < -0.3 is 34.4 Å². The Hall–Kier alpha value is -3.75. The highest BCUT2D eigenvalue weighted by Crippen LogP contribution is 2.50. The van der Waals surface area contributed by atoms with Crippen LogP contribution in [0.1, 0.15) is 64.4 Å². The van der Waals surface area contributed by atoms with Gasteiger partial charge in [-0.1, -0.05) is 19.4 Å². The van der Waals surface area contributed by atoms with Crippen molar-refractivity contribution in [2.75, 3.05) is 51.5 Å². The first-order chi connectivity index (χ1) is 25.5. The average molecular weight is 734 g/mol. The summed E-state index contributed by atoms with van der Waals surface area (Å²) in [4.78, 5) is 18.5. The predicted molar refractivity (Wildman–Crippen MR) is 196 cm³/mol. The fraction of sp³-hybridized carbons (Fsp3) is 0.575. The second-order valence-corrected chi connectivity index (χ2v) is 15.9. The van der Waals surface area contributed by atoms with E-state index in [2.05, 4.69) is 9.88 Å². The summed E-state index contributed by atoms with van der Waals surface area (Å²) in [5.74, 6) is -1.02. The second-order valence-electron chi connectivity index (χ2n) is 15.9. The van der Waals surface area contributed by atoms with E-state index in [4.69, 9.17) is 24.2 Å². The number of aromatic hydroxyl groups is 1. The van der Waals surface area contributed by atoms with Crippen LogP contribution in [0.5, 0.6) is 11.8 Å². The van der Waals surface area contributed by atoms with Crippen LogP contribution in [0.3, 0.4) is 0 Å². The minimum atomic E-state index is -1.31. The molecule has 4 atom stereocenters. The Balaban J connectivity index is 1.23. The van der Waals surface area contributed by atoms with E-state index in [1.54, 1.807) is 25.0 Å². The highest BCUT2D eigenvalue weighted by molar-refractivity contribution is 6.01. The number of ether oxygens (including phenoxy) is 3. The molecule has 13 heteroatoms. The van der Waals surface area contributed by atoms with Gasteiger partial charge in [-0.2, -0.15) is 9.97 Å². The third-order valence-corrected chi connectivity index (χ3v) is 12.2. The largest absolute Gasteiger partial charge is 0.508 e. The number of phenolic OH excluding ortho intramolecular Hbond substituents is 1. The molecule has 0 radical (unpaired) electrons. The number of phenols is 1. The van der Waals surface area contributed by atoms with E-state index in [1.807, 2.05) is 6.92 Å². The minimum absolute atomic E-state index is 0.00444. The van der Waals surface area contributed by atoms with Crippen LogP contribution >= 0.6 is 0 Å². The maximum absolute atomic E-state index is 17.2. The highest BCUT2D eigenvalue weighted by atomic mass is 19.1. The van der Waals surface area contributed by atoms with Crippen molar-refractivity contribution in [3.63, 3.8) is 0 Å². The van der Waals surface area contributed by atoms with E-state index in [-0.39, 0.29) is 65.6 Å². The van der Waals surface area contributed by atoms with Crippen LogP contribution in [0.25, 0.3) is 32.9 Å². The summed E-state index contributed by atoms with van der Waals surface area (Å²) in [5, 5.41) is 33.3. The SMILES string of the molecule is CCc1c(F)ccc2cc(O)cc(-c3ncc4c(N5C[C@H](CO)OC[C@@](C)(O)C5)nc(OC[C@]56CCC[C@H]5N(C5CC(OC)C5)CCC6)nc4c3F)c12. The molecule has 53 heavy (non-hydrogen) atoms. The lowest BCUT2D eigenvalue weighted by atomic mass is 9.73. The first-order valence-electron chi connectivity index (χ1n) is 18.9. The fourth-order valence-corrected chi connectivity index (χ4v) is 9.52. The number of aliphatic hydroxyl groups excluding tert-OH is 1. The van der Waals surface area contributed by atoms with Crippen molar-refractivity contribution in [3.8, 4) is 23.0 Å². The summed E-state index contributed by atoms with van der Waals surface area (Å²) in [6.45, 7) is 4.84. The number of hydrogen-bond donors (Lipinski definition) is 3. The minimum Gasteiger partial charge on any atom is -0.508 e. The van der Waals surface area contributed by atoms with Crippen molar-refractivity contribution in [3.05, 3.63) is 47.7 Å². The van der Waals surface area contributed by atoms with Gasteiger partial charge in [0.15, 0.2) is 5.82 Å². The molecule has 4 fully saturated rings. The molecule has 0 unspecified atom stereocenters. The average Bonchev–Trinajstić information content (AvgIpc) is 3.49. The van der Waals surface area contributed by atoms with Crippen LogP contribution in [0.15, 0.2) is 30.5 Å². The first-order valence-corrected chi connectivity index (χ1v) is 18.9. The summed E-state index contributed by atoms with van der Waals surface area (Å²) in [6, 6.07) is 6.69. The number of likely N-dealkylation sites (tertiary alicyclic amines) is 1. The number of fused-ring (bicyclic) bond motifs is 3. The Morgan fingerprint density at radius 2 is 1.92 bits per heavy atom. The lowest BCUT2D eigenvalue weighted by Crippen LogP contribution is -2.59. The molecule has 2 saturated carbocycles. The number of rotatable bonds is 9. The van der Waals surface area contributed by atoms with Gasteiger partial charge in [-0.05, 0) is 92.9 Å². The third-order valence-electron chi connectivity index (χ3n) is 12.2. The zero-order chi connectivity index (χ0) is 37.1. The smallest absolute Gasteiger partial charge is 0.319 e. The Morgan fingerprint density at radius 3 is 2.70 bits per heavy atom. The molecule has 2 aliphatic carbocycles. The Kier molecular flexibility index (Phi) is 9.67. The van der Waals surface area contributed by atoms with Crippen molar-refractivity contribution in [2.24, 2.45) is 5.41 Å². The number of pyridine rings is 1. The Labute approximate surface area is 307 Å². The summed E-state index contributed by atoms with van der Waals surface area (Å²) in [5.41, 5.74) is -0.926. The Morgan fingerprint density at radius 1 is 1.11 bits per heavy atom. The number of nitrogens with zero attached hydrogens (tertiary/aromatic N) is 5. The molecular formula is C40H49F2N5O6. The molecule has 4 aliphatic rings. The lowest BCUT2D eigenvalue weighted by molar-refractivity contribution is -0.0845. The highest BCUT2D eigenvalue weighted by Gasteiger charge is 2.52. The first kappa shape index (κ1) is 36.2. The van der Waals surface area contributed by atoms with Gasteiger partial charge in [0.25, 0.3) is 0 Å². The molecule has 0 amide bonds. The molecule has 4 aromatic rings. The number of benzene rings is 2. The predicted octanol–water partition coefficient (Wildman–Crippen LogP) is 5.53. The number of hydrogen-bond acceptors (Lipinski definition) is 11. The number of β-amino-alcohol motifs (C(OH)–C–C–N with tert-alkyl or cyclic N) is 1. The van der Waals surface area contributed by atoms with E-state index in [1.165, 1.54) is 24.4 Å². The molecule has 11 nitrogen and oxygen atoms in total. The quantitative estimate of drug-likeness (QED) is 0.201. The van der Waals surface area contributed by atoms with E-state index < -0.39 is 23.3 Å². The molecule has 8 rings (SSSR count). The molecule has 2 aromatic heterocycles. The van der Waals surface area contributed by atoms with E-state index in [0.717, 1.165) is 51.5 Å². The van der Waals surface area contributed by atoms with Crippen molar-refractivity contribution >= 4 is 27.5 Å². The number of methoxy groups -OCH3 is 1. The van der Waals surface area contributed by atoms with Crippen LogP contribution in [0, 0.1) is 17.0 Å². The number of halogens is 2. The second kappa shape index (κ2) is 14.2. The van der Waals surface area contributed by atoms with Crippen molar-refractivity contribution < 1.29 is 38.3 Å². The molecule has 2 aliphatic heterocycles. The molecule has 0 spiro atoms. The topological polar surface area (TPSA) is 134 Å². The van der Waals surface area contributed by atoms with Gasteiger partial charge in [0, 0.05) is 42.9 Å². The van der Waals surface area contributed by atoms with Crippen LogP contribution in [-0.2, 0) is 15.9 Å². The van der Waals surface area contributed by atoms with E-state index in [9.17, 15) is 15.3 Å². The van der Waals surface area contributed by atoms with Gasteiger partial charge in [0.1, 0.15) is 34.2 Å². The third kappa shape index (κ3) is 6.58. The molecule has 284 valence electrons. The molecule has 2 saturated heterocycles. The van der Waals surface area contributed by atoms with Crippen molar-refractivity contribution in [2.45, 2.75) is 95.1 Å². The van der Waals surface area contributed by atoms with Gasteiger partial charge in [-0.15, -0.1) is 0 Å². The van der Waals surface area contributed by atoms with Gasteiger partial charge in [0.2, 0.25) is 0 Å². The van der Waals surface area contributed by atoms with Crippen molar-refractivity contribution in [1.82, 2.24) is 19.9 Å². The number of piperidine rings is 1. The molecule has 2 aromatic carbocycles. The van der Waals surface area contributed by atoms with Crippen LogP contribution in [-0.4, -0.2) is 112 Å². The molecule has 4 heterocycles. The molecular weight excluding hydrogens is 684 g/mol. The summed E-state index contributed by atoms with van der Waals surface area (Å²) in [6.07, 6.45) is 8.86. The zero-order valence-electron chi connectivity index (χ0n) is 30.7. The number of aryl methyl sites for hydroxylation is 1. The standard InChI is InChI=1S/C40H49F2N5O6/c1-4-28-31(41)9-8-23-13-25(49)16-29(33(23)28)35-34(42)36-30(17-43-35)37(46-18-27(19-48)52-21-39(2,50)20-46)45-38(44-36)53-22-40-10-5-7-32(40)47(12-6-11-40)24-14-26(15-24)51-3/h8-9,13,16-17,24,26-27,32,48-50H,4-7,10-12,14-15,18-22H2,1-3H3/t24?,26?,27-,32-,39+,40-/m1/s1. The van der Waals surface area contributed by atoms with Crippen LogP contribution in [0.2, 0.25) is 0 Å². The van der Waals surface area contributed by atoms with E-state index in [0.29, 0.717) is 53.4 Å². The summed E-state index contributed by atoms with van der Waals surface area (Å²) < 4.78 is 50.3. The normalized spacial score (nSPS) is 29.3.